The van der Waals surface area contributed by atoms with Crippen LogP contribution in [0.1, 0.15) is 72.2 Å². The Kier molecular flexibility index (Phi) is 10.6. The zero-order valence-corrected chi connectivity index (χ0v) is 30.7. The molecule has 0 aliphatic heterocycles. The molecule has 51 heavy (non-hydrogen) atoms. The molecule has 1 aliphatic rings. The topological polar surface area (TPSA) is 0 Å². The summed E-state index contributed by atoms with van der Waals surface area (Å²) in [5, 5.41) is 2.23. The van der Waals surface area contributed by atoms with Crippen molar-refractivity contribution >= 4 is 46.2 Å². The minimum Gasteiger partial charge on any atom is -0.106 e. The van der Waals surface area contributed by atoms with E-state index < -0.39 is 0 Å². The van der Waals surface area contributed by atoms with Gasteiger partial charge in [-0.3, -0.25) is 0 Å². The van der Waals surface area contributed by atoms with Crippen LogP contribution in [0, 0.1) is 0 Å². The molecule has 0 fully saturated rings. The van der Waals surface area contributed by atoms with E-state index in [1.807, 2.05) is 42.5 Å². The van der Waals surface area contributed by atoms with Gasteiger partial charge in [0.25, 0.3) is 0 Å². The van der Waals surface area contributed by atoms with Crippen LogP contribution in [0.4, 0.5) is 0 Å². The zero-order chi connectivity index (χ0) is 37.0. The largest absolute Gasteiger partial charge is 0.106 e. The third-order valence-corrected chi connectivity index (χ3v) is 10.2. The summed E-state index contributed by atoms with van der Waals surface area (Å²) in [5.74, 6) is 0. The quantitative estimate of drug-likeness (QED) is 0.0794. The SMILES string of the molecule is C=C.C=CC(=C(C)C)/C(=C(\C=C)c1ccccc1)c1c(C=C)c(C=C)c(-c2cc3c(c(C=C)c2C=C)-c2ccccc2C3(C)C)c2ccccc12. The molecule has 5 aromatic rings. The zero-order valence-electron chi connectivity index (χ0n) is 30.7. The van der Waals surface area contributed by atoms with Gasteiger partial charge in [0.05, 0.1) is 0 Å². The molecular weight excluding hydrogens is 613 g/mol. The van der Waals surface area contributed by atoms with Crippen LogP contribution in [0.2, 0.25) is 0 Å². The Morgan fingerprint density at radius 3 is 1.67 bits per heavy atom. The first-order valence-corrected chi connectivity index (χ1v) is 17.3. The molecule has 0 saturated heterocycles. The molecule has 0 radical (unpaired) electrons. The molecule has 0 aromatic heterocycles. The van der Waals surface area contributed by atoms with Crippen LogP contribution in [-0.4, -0.2) is 0 Å². The fraction of sp³-hybridized carbons (Fsp3) is 0.0980. The number of hydrogen-bond acceptors (Lipinski definition) is 0. The first-order valence-electron chi connectivity index (χ1n) is 17.3. The predicted molar refractivity (Wildman–Crippen MR) is 231 cm³/mol. The van der Waals surface area contributed by atoms with Gasteiger partial charge in [0, 0.05) is 5.41 Å². The van der Waals surface area contributed by atoms with Crippen LogP contribution >= 0.6 is 0 Å². The van der Waals surface area contributed by atoms with Crippen LogP contribution in [0.15, 0.2) is 161 Å². The smallest absolute Gasteiger partial charge is 0.0159 e. The molecule has 1 aliphatic carbocycles. The van der Waals surface area contributed by atoms with Crippen molar-refractivity contribution < 1.29 is 0 Å². The van der Waals surface area contributed by atoms with E-state index >= 15 is 0 Å². The summed E-state index contributed by atoms with van der Waals surface area (Å²) in [6, 6.07) is 30.3. The van der Waals surface area contributed by atoms with E-state index in [4.69, 9.17) is 0 Å². The summed E-state index contributed by atoms with van der Waals surface area (Å²) in [7, 11) is 0. The molecule has 6 rings (SSSR count). The fourth-order valence-electron chi connectivity index (χ4n) is 7.95. The molecule has 0 amide bonds. The van der Waals surface area contributed by atoms with Gasteiger partial charge in [0.2, 0.25) is 0 Å². The molecule has 0 N–H and O–H groups in total. The third-order valence-electron chi connectivity index (χ3n) is 10.2. The molecule has 252 valence electrons. The third kappa shape index (κ3) is 5.77. The van der Waals surface area contributed by atoms with Crippen LogP contribution < -0.4 is 0 Å². The van der Waals surface area contributed by atoms with Crippen molar-refractivity contribution in [2.75, 3.05) is 0 Å². The van der Waals surface area contributed by atoms with Crippen LogP contribution in [0.3, 0.4) is 0 Å². The summed E-state index contributed by atoms with van der Waals surface area (Å²) in [6.07, 6.45) is 11.9. The van der Waals surface area contributed by atoms with Gasteiger partial charge in [-0.15, -0.1) is 13.2 Å². The van der Waals surface area contributed by atoms with E-state index in [9.17, 15) is 0 Å². The van der Waals surface area contributed by atoms with Crippen molar-refractivity contribution in [3.05, 3.63) is 205 Å². The van der Waals surface area contributed by atoms with Gasteiger partial charge < -0.3 is 0 Å². The molecule has 0 nitrogen and oxygen atoms in total. The Bertz CT molecular complexity index is 2310. The molecule has 0 heteroatoms. The highest BCUT2D eigenvalue weighted by Crippen LogP contribution is 2.54. The highest BCUT2D eigenvalue weighted by molar-refractivity contribution is 6.17. The van der Waals surface area contributed by atoms with Crippen molar-refractivity contribution in [3.63, 3.8) is 0 Å². The second-order valence-corrected chi connectivity index (χ2v) is 13.3. The van der Waals surface area contributed by atoms with E-state index in [1.165, 1.54) is 22.3 Å². The fourth-order valence-corrected chi connectivity index (χ4v) is 7.95. The van der Waals surface area contributed by atoms with E-state index in [2.05, 4.69) is 159 Å². The Hall–Kier alpha value is -5.98. The molecule has 0 heterocycles. The lowest BCUT2D eigenvalue weighted by atomic mass is 9.76. The molecule has 5 aromatic carbocycles. The summed E-state index contributed by atoms with van der Waals surface area (Å²) in [5.41, 5.74) is 17.8. The lowest BCUT2D eigenvalue weighted by molar-refractivity contribution is 0.660. The molecule has 0 spiro atoms. The minimum atomic E-state index is -0.198. The van der Waals surface area contributed by atoms with Crippen molar-refractivity contribution in [2.24, 2.45) is 0 Å². The van der Waals surface area contributed by atoms with E-state index in [1.54, 1.807) is 0 Å². The predicted octanol–water partition coefficient (Wildman–Crippen LogP) is 14.8. The van der Waals surface area contributed by atoms with E-state index in [-0.39, 0.29) is 5.41 Å². The Balaban J connectivity index is 0.00000248. The second-order valence-electron chi connectivity index (χ2n) is 13.3. The Morgan fingerprint density at radius 1 is 0.549 bits per heavy atom. The van der Waals surface area contributed by atoms with Gasteiger partial charge in [-0.1, -0.05) is 174 Å². The second kappa shape index (κ2) is 14.9. The van der Waals surface area contributed by atoms with Crippen molar-refractivity contribution in [1.82, 2.24) is 0 Å². The average molecular weight is 661 g/mol. The van der Waals surface area contributed by atoms with Crippen molar-refractivity contribution in [1.29, 1.82) is 0 Å². The summed E-state index contributed by atoms with van der Waals surface area (Å²) >= 11 is 0. The summed E-state index contributed by atoms with van der Waals surface area (Å²) in [4.78, 5) is 0. The first-order chi connectivity index (χ1) is 24.7. The van der Waals surface area contributed by atoms with Crippen LogP contribution in [0.25, 0.3) is 68.5 Å². The van der Waals surface area contributed by atoms with Gasteiger partial charge in [-0.25, -0.2) is 0 Å². The standard InChI is InChI=1S/C49H44.C2H4/c1-11-33(31(7)8)47(34(12-2)32-24-18-17-19-25-32)48-38(16-6)37(15-5)45(39-26-20-21-27-40(39)48)42-30-44-46(36(14-4)35(42)13-3)41-28-22-23-29-43(41)49(44,9)10;1-2/h11-30H,1-6H2,7-10H3;1-2H2/b47-34-;. The number of rotatable bonds is 10. The minimum absolute atomic E-state index is 0.198. The van der Waals surface area contributed by atoms with Crippen molar-refractivity contribution in [3.8, 4) is 22.3 Å². The molecule has 0 unspecified atom stereocenters. The maximum Gasteiger partial charge on any atom is 0.0159 e. The van der Waals surface area contributed by atoms with Crippen LogP contribution in [-0.2, 0) is 5.41 Å². The van der Waals surface area contributed by atoms with E-state index in [0.29, 0.717) is 0 Å². The number of fused-ring (bicyclic) bond motifs is 4. The molecular formula is C51H48. The number of benzene rings is 5. The molecule has 0 atom stereocenters. The Morgan fingerprint density at radius 2 is 1.10 bits per heavy atom. The monoisotopic (exact) mass is 660 g/mol. The Labute approximate surface area is 305 Å². The molecule has 0 saturated carbocycles. The summed E-state index contributed by atoms with van der Waals surface area (Å²) in [6.45, 7) is 41.1. The normalized spacial score (nSPS) is 12.6. The van der Waals surface area contributed by atoms with Gasteiger partial charge >= 0.3 is 0 Å². The molecule has 0 bridgehead atoms. The van der Waals surface area contributed by atoms with Crippen molar-refractivity contribution in [2.45, 2.75) is 33.1 Å². The number of allylic oxidation sites excluding steroid dienone is 6. The maximum absolute atomic E-state index is 4.43. The lowest BCUT2D eigenvalue weighted by Crippen LogP contribution is -2.15. The first kappa shape index (κ1) is 36.3. The lowest BCUT2D eigenvalue weighted by Gasteiger charge is -2.27. The van der Waals surface area contributed by atoms with Crippen LogP contribution in [0.5, 0.6) is 0 Å². The maximum atomic E-state index is 4.43. The van der Waals surface area contributed by atoms with Gasteiger partial charge in [0.1, 0.15) is 0 Å². The van der Waals surface area contributed by atoms with Gasteiger partial charge in [-0.05, 0) is 114 Å². The number of hydrogen-bond donors (Lipinski definition) is 0. The van der Waals surface area contributed by atoms with Gasteiger partial charge in [0.15, 0.2) is 0 Å². The highest BCUT2D eigenvalue weighted by atomic mass is 14.4. The highest BCUT2D eigenvalue weighted by Gasteiger charge is 2.38. The van der Waals surface area contributed by atoms with E-state index in [0.717, 1.165) is 77.6 Å². The average Bonchev–Trinajstić information content (AvgIpc) is 3.39. The van der Waals surface area contributed by atoms with Gasteiger partial charge in [-0.2, -0.15) is 0 Å². The summed E-state index contributed by atoms with van der Waals surface area (Å²) < 4.78 is 0.